The average molecular weight is 238 g/mol. The molecular weight excluding hydrogens is 226 g/mol. The van der Waals surface area contributed by atoms with E-state index in [1.54, 1.807) is 10.6 Å². The maximum absolute atomic E-state index is 6.08. The van der Waals surface area contributed by atoms with E-state index in [1.807, 2.05) is 6.92 Å². The van der Waals surface area contributed by atoms with Gasteiger partial charge in [0.1, 0.15) is 5.15 Å². The van der Waals surface area contributed by atoms with Crippen molar-refractivity contribution in [2.45, 2.75) is 19.8 Å². The zero-order valence-electron chi connectivity index (χ0n) is 9.02. The Labute approximate surface area is 98.1 Å². The lowest BCUT2D eigenvalue weighted by atomic mass is 10.4. The van der Waals surface area contributed by atoms with Crippen molar-refractivity contribution in [2.24, 2.45) is 0 Å². The molecule has 1 saturated heterocycles. The lowest BCUT2D eigenvalue weighted by molar-refractivity contribution is 0.870. The van der Waals surface area contributed by atoms with Crippen LogP contribution >= 0.6 is 11.6 Å². The van der Waals surface area contributed by atoms with Crippen LogP contribution in [0.5, 0.6) is 0 Å². The Bertz CT molecular complexity index is 529. The fraction of sp³-hybridized carbons (Fsp3) is 0.500. The largest absolute Gasteiger partial charge is 0.339 e. The molecule has 0 bridgehead atoms. The highest BCUT2D eigenvalue weighted by molar-refractivity contribution is 6.29. The van der Waals surface area contributed by atoms with Gasteiger partial charge in [0.05, 0.1) is 0 Å². The summed E-state index contributed by atoms with van der Waals surface area (Å²) in [5.74, 6) is 1.31. The third kappa shape index (κ3) is 1.51. The van der Waals surface area contributed by atoms with E-state index in [4.69, 9.17) is 11.6 Å². The van der Waals surface area contributed by atoms with E-state index < -0.39 is 0 Å². The van der Waals surface area contributed by atoms with Crippen molar-refractivity contribution in [3.8, 4) is 0 Å². The molecule has 84 valence electrons. The monoisotopic (exact) mass is 237 g/mol. The molecular formula is C10H12ClN5. The molecule has 2 aromatic rings. The van der Waals surface area contributed by atoms with Gasteiger partial charge in [-0.1, -0.05) is 11.6 Å². The zero-order valence-corrected chi connectivity index (χ0v) is 9.78. The topological polar surface area (TPSA) is 46.3 Å². The van der Waals surface area contributed by atoms with Crippen LogP contribution in [-0.2, 0) is 0 Å². The van der Waals surface area contributed by atoms with Crippen molar-refractivity contribution in [3.05, 3.63) is 16.9 Å². The Morgan fingerprint density at radius 2 is 2.00 bits per heavy atom. The number of halogens is 1. The minimum atomic E-state index is 0.556. The van der Waals surface area contributed by atoms with Crippen LogP contribution in [-0.4, -0.2) is 32.7 Å². The summed E-state index contributed by atoms with van der Waals surface area (Å²) in [5, 5.41) is 4.93. The molecule has 5 nitrogen and oxygen atoms in total. The molecule has 0 aromatic carbocycles. The smallest absolute Gasteiger partial charge is 0.255 e. The van der Waals surface area contributed by atoms with Crippen molar-refractivity contribution in [3.63, 3.8) is 0 Å². The molecule has 1 aliphatic rings. The van der Waals surface area contributed by atoms with Gasteiger partial charge in [-0.2, -0.15) is 9.50 Å². The maximum atomic E-state index is 6.08. The van der Waals surface area contributed by atoms with Gasteiger partial charge in [-0.15, -0.1) is 5.10 Å². The molecule has 0 amide bonds. The van der Waals surface area contributed by atoms with E-state index in [0.29, 0.717) is 10.9 Å². The number of hydrogen-bond donors (Lipinski definition) is 0. The summed E-state index contributed by atoms with van der Waals surface area (Å²) in [6.07, 6.45) is 2.41. The van der Waals surface area contributed by atoms with E-state index in [0.717, 1.165) is 24.7 Å². The van der Waals surface area contributed by atoms with Crippen LogP contribution in [0, 0.1) is 6.92 Å². The molecule has 2 aromatic heterocycles. The maximum Gasteiger partial charge on any atom is 0.255 e. The highest BCUT2D eigenvalue weighted by Crippen LogP contribution is 2.18. The van der Waals surface area contributed by atoms with Crippen molar-refractivity contribution in [1.29, 1.82) is 0 Å². The molecule has 0 aliphatic carbocycles. The first-order valence-electron chi connectivity index (χ1n) is 5.39. The van der Waals surface area contributed by atoms with Gasteiger partial charge in [-0.05, 0) is 25.8 Å². The predicted octanol–water partition coefficient (Wildman–Crippen LogP) is 1.69. The predicted molar refractivity (Wildman–Crippen MR) is 62.0 cm³/mol. The molecule has 0 N–H and O–H groups in total. The average Bonchev–Trinajstić information content (AvgIpc) is 2.82. The van der Waals surface area contributed by atoms with Gasteiger partial charge in [-0.25, -0.2) is 4.98 Å². The Kier molecular flexibility index (Phi) is 2.21. The first-order chi connectivity index (χ1) is 7.74. The van der Waals surface area contributed by atoms with Gasteiger partial charge in [0.25, 0.3) is 5.78 Å². The second-order valence-corrected chi connectivity index (χ2v) is 4.43. The Morgan fingerprint density at radius 3 is 2.75 bits per heavy atom. The van der Waals surface area contributed by atoms with Crippen molar-refractivity contribution >= 4 is 23.3 Å². The van der Waals surface area contributed by atoms with E-state index >= 15 is 0 Å². The third-order valence-corrected chi connectivity index (χ3v) is 3.04. The quantitative estimate of drug-likeness (QED) is 0.708. The second-order valence-electron chi connectivity index (χ2n) is 4.04. The van der Waals surface area contributed by atoms with E-state index in [1.165, 1.54) is 12.8 Å². The third-order valence-electron chi connectivity index (χ3n) is 2.77. The normalized spacial score (nSPS) is 16.2. The molecule has 0 radical (unpaired) electrons. The van der Waals surface area contributed by atoms with Gasteiger partial charge in [0.2, 0.25) is 5.95 Å². The summed E-state index contributed by atoms with van der Waals surface area (Å²) in [7, 11) is 0. The molecule has 3 rings (SSSR count). The Hall–Kier alpha value is -1.36. The van der Waals surface area contributed by atoms with Gasteiger partial charge in [0, 0.05) is 18.8 Å². The number of aromatic nitrogens is 4. The number of anilines is 1. The number of hydrogen-bond acceptors (Lipinski definition) is 4. The van der Waals surface area contributed by atoms with Crippen molar-refractivity contribution in [2.75, 3.05) is 18.0 Å². The molecule has 0 spiro atoms. The van der Waals surface area contributed by atoms with Crippen molar-refractivity contribution in [1.82, 2.24) is 19.6 Å². The summed E-state index contributed by atoms with van der Waals surface area (Å²) >= 11 is 6.08. The molecule has 1 fully saturated rings. The fourth-order valence-corrected chi connectivity index (χ4v) is 2.25. The SMILES string of the molecule is Cc1cc(Cl)n2nc(N3CCCC3)nc2n1. The molecule has 1 aliphatic heterocycles. The van der Waals surface area contributed by atoms with Crippen LogP contribution in [0.25, 0.3) is 5.78 Å². The number of fused-ring (bicyclic) bond motifs is 1. The zero-order chi connectivity index (χ0) is 11.1. The van der Waals surface area contributed by atoms with Crippen LogP contribution in [0.15, 0.2) is 6.07 Å². The van der Waals surface area contributed by atoms with Crippen LogP contribution in [0.4, 0.5) is 5.95 Å². The highest BCUT2D eigenvalue weighted by Gasteiger charge is 2.18. The number of rotatable bonds is 1. The number of nitrogens with zero attached hydrogens (tertiary/aromatic N) is 5. The van der Waals surface area contributed by atoms with Gasteiger partial charge >= 0.3 is 0 Å². The summed E-state index contributed by atoms with van der Waals surface area (Å²) in [5.41, 5.74) is 0.859. The molecule has 6 heteroatoms. The molecule has 16 heavy (non-hydrogen) atoms. The fourth-order valence-electron chi connectivity index (χ4n) is 1.98. The van der Waals surface area contributed by atoms with Crippen LogP contribution in [0.1, 0.15) is 18.5 Å². The summed E-state index contributed by atoms with van der Waals surface area (Å²) in [6, 6.07) is 1.79. The van der Waals surface area contributed by atoms with Crippen LogP contribution in [0.3, 0.4) is 0 Å². The second kappa shape index (κ2) is 3.59. The highest BCUT2D eigenvalue weighted by atomic mass is 35.5. The number of aryl methyl sites for hydroxylation is 1. The van der Waals surface area contributed by atoms with E-state index in [9.17, 15) is 0 Å². The first-order valence-corrected chi connectivity index (χ1v) is 5.77. The lowest BCUT2D eigenvalue weighted by Gasteiger charge is -2.10. The van der Waals surface area contributed by atoms with Gasteiger partial charge in [-0.3, -0.25) is 0 Å². The first kappa shape index (κ1) is 9.84. The minimum Gasteiger partial charge on any atom is -0.339 e. The molecule has 0 unspecified atom stereocenters. The molecule has 0 saturated carbocycles. The Morgan fingerprint density at radius 1 is 1.25 bits per heavy atom. The Balaban J connectivity index is 2.11. The lowest BCUT2D eigenvalue weighted by Crippen LogP contribution is -2.19. The van der Waals surface area contributed by atoms with Crippen LogP contribution in [0.2, 0.25) is 5.15 Å². The molecule has 3 heterocycles. The molecule has 0 atom stereocenters. The van der Waals surface area contributed by atoms with Gasteiger partial charge in [0.15, 0.2) is 0 Å². The van der Waals surface area contributed by atoms with Crippen molar-refractivity contribution < 1.29 is 0 Å². The van der Waals surface area contributed by atoms with E-state index in [2.05, 4.69) is 20.0 Å². The summed E-state index contributed by atoms with van der Waals surface area (Å²) in [6.45, 7) is 3.94. The summed E-state index contributed by atoms with van der Waals surface area (Å²) < 4.78 is 1.59. The minimum absolute atomic E-state index is 0.556. The van der Waals surface area contributed by atoms with Gasteiger partial charge < -0.3 is 4.90 Å². The summed E-state index contributed by atoms with van der Waals surface area (Å²) in [4.78, 5) is 10.9. The van der Waals surface area contributed by atoms with Crippen LogP contribution < -0.4 is 4.90 Å². The van der Waals surface area contributed by atoms with E-state index in [-0.39, 0.29) is 0 Å². The standard InChI is InChI=1S/C10H12ClN5/c1-7-6-8(11)16-9(12-7)13-10(14-16)15-4-2-3-5-15/h6H,2-5H2,1H3.